The van der Waals surface area contributed by atoms with Crippen molar-refractivity contribution in [3.8, 4) is 0 Å². The zero-order valence-corrected chi connectivity index (χ0v) is 12.9. The Morgan fingerprint density at radius 3 is 2.67 bits per heavy atom. The lowest BCUT2D eigenvalue weighted by Gasteiger charge is -2.07. The molecule has 0 saturated carbocycles. The second-order valence-electron chi connectivity index (χ2n) is 4.75. The Kier molecular flexibility index (Phi) is 6.22. The highest BCUT2D eigenvalue weighted by Crippen LogP contribution is 2.10. The predicted molar refractivity (Wildman–Crippen MR) is 86.9 cm³/mol. The number of anilines is 2. The predicted octanol–water partition coefficient (Wildman–Crippen LogP) is 3.39. The van der Waals surface area contributed by atoms with Gasteiger partial charge in [-0.15, -0.1) is 5.10 Å². The van der Waals surface area contributed by atoms with E-state index in [1.165, 1.54) is 5.56 Å². The molecule has 1 heterocycles. The Balaban J connectivity index is 1.79. The maximum atomic E-state index is 5.86. The van der Waals surface area contributed by atoms with Crippen molar-refractivity contribution in [1.82, 2.24) is 15.2 Å². The average molecular weight is 306 g/mol. The minimum atomic E-state index is 0.547. The Hall–Kier alpha value is -1.88. The zero-order chi connectivity index (χ0) is 14.9. The number of nitrogens with zero attached hydrogens (tertiary/aromatic N) is 3. The molecule has 1 aromatic heterocycles. The summed E-state index contributed by atoms with van der Waals surface area (Å²) >= 11 is 5.86. The first-order chi connectivity index (χ1) is 10.3. The lowest BCUT2D eigenvalue weighted by Crippen LogP contribution is -2.11. The van der Waals surface area contributed by atoms with Gasteiger partial charge in [0.15, 0.2) is 0 Å². The molecule has 0 aliphatic heterocycles. The fourth-order valence-electron chi connectivity index (χ4n) is 1.83. The highest BCUT2D eigenvalue weighted by molar-refractivity contribution is 6.30. The molecule has 0 unspecified atom stereocenters. The SMILES string of the molecule is CCCCNc1cnnc(NCCc2ccc(Cl)cc2)n1. The summed E-state index contributed by atoms with van der Waals surface area (Å²) in [5.74, 6) is 1.30. The fraction of sp³-hybridized carbons (Fsp3) is 0.400. The van der Waals surface area contributed by atoms with Gasteiger partial charge in [-0.2, -0.15) is 10.1 Å². The molecule has 0 atom stereocenters. The molecular formula is C15H20ClN5. The van der Waals surface area contributed by atoms with Crippen molar-refractivity contribution in [2.75, 3.05) is 23.7 Å². The van der Waals surface area contributed by atoms with Gasteiger partial charge in [0.25, 0.3) is 0 Å². The van der Waals surface area contributed by atoms with Crippen molar-refractivity contribution in [3.05, 3.63) is 41.0 Å². The van der Waals surface area contributed by atoms with Crippen molar-refractivity contribution >= 4 is 23.4 Å². The molecular weight excluding hydrogens is 286 g/mol. The maximum absolute atomic E-state index is 5.86. The van der Waals surface area contributed by atoms with Crippen LogP contribution in [0.5, 0.6) is 0 Å². The minimum Gasteiger partial charge on any atom is -0.369 e. The van der Waals surface area contributed by atoms with Crippen LogP contribution in [-0.4, -0.2) is 28.3 Å². The van der Waals surface area contributed by atoms with Gasteiger partial charge in [0.2, 0.25) is 5.95 Å². The number of halogens is 1. The van der Waals surface area contributed by atoms with E-state index in [1.54, 1.807) is 6.20 Å². The lowest BCUT2D eigenvalue weighted by atomic mass is 10.1. The number of benzene rings is 1. The molecule has 6 heteroatoms. The Labute approximate surface area is 130 Å². The smallest absolute Gasteiger partial charge is 0.244 e. The summed E-state index contributed by atoms with van der Waals surface area (Å²) in [6.45, 7) is 3.81. The van der Waals surface area contributed by atoms with Gasteiger partial charge in [-0.05, 0) is 30.5 Å². The van der Waals surface area contributed by atoms with Crippen LogP contribution >= 0.6 is 11.6 Å². The first kappa shape index (κ1) is 15.5. The molecule has 0 bridgehead atoms. The third-order valence-corrected chi connectivity index (χ3v) is 3.26. The van der Waals surface area contributed by atoms with Crippen LogP contribution < -0.4 is 10.6 Å². The molecule has 0 aliphatic rings. The largest absolute Gasteiger partial charge is 0.369 e. The van der Waals surface area contributed by atoms with Crippen molar-refractivity contribution in [2.24, 2.45) is 0 Å². The Morgan fingerprint density at radius 1 is 1.10 bits per heavy atom. The Morgan fingerprint density at radius 2 is 1.90 bits per heavy atom. The molecule has 21 heavy (non-hydrogen) atoms. The number of aromatic nitrogens is 3. The van der Waals surface area contributed by atoms with Crippen molar-refractivity contribution in [1.29, 1.82) is 0 Å². The van der Waals surface area contributed by atoms with Crippen LogP contribution in [0.3, 0.4) is 0 Å². The van der Waals surface area contributed by atoms with Crippen LogP contribution in [0, 0.1) is 0 Å². The molecule has 0 spiro atoms. The standard InChI is InChI=1S/C15H20ClN5/c1-2-3-9-17-14-11-19-21-15(20-14)18-10-8-12-4-6-13(16)7-5-12/h4-7,11H,2-3,8-10H2,1H3,(H2,17,18,20,21). The molecule has 0 radical (unpaired) electrons. The average Bonchev–Trinajstić information content (AvgIpc) is 2.50. The summed E-state index contributed by atoms with van der Waals surface area (Å²) in [6.07, 6.45) is 4.79. The van der Waals surface area contributed by atoms with Crippen molar-refractivity contribution in [3.63, 3.8) is 0 Å². The minimum absolute atomic E-state index is 0.547. The first-order valence-corrected chi connectivity index (χ1v) is 7.57. The molecule has 2 rings (SSSR count). The molecule has 112 valence electrons. The fourth-order valence-corrected chi connectivity index (χ4v) is 1.95. The van der Waals surface area contributed by atoms with Gasteiger partial charge in [-0.25, -0.2) is 0 Å². The van der Waals surface area contributed by atoms with Crippen LogP contribution in [0.2, 0.25) is 5.02 Å². The molecule has 2 aromatic rings. The summed E-state index contributed by atoms with van der Waals surface area (Å²) < 4.78 is 0. The third-order valence-electron chi connectivity index (χ3n) is 3.01. The quantitative estimate of drug-likeness (QED) is 0.732. The first-order valence-electron chi connectivity index (χ1n) is 7.20. The third kappa shape index (κ3) is 5.55. The van der Waals surface area contributed by atoms with Crippen LogP contribution in [0.15, 0.2) is 30.5 Å². The van der Waals surface area contributed by atoms with E-state index in [1.807, 2.05) is 24.3 Å². The van der Waals surface area contributed by atoms with E-state index >= 15 is 0 Å². The molecule has 5 nitrogen and oxygen atoms in total. The van der Waals surface area contributed by atoms with Gasteiger partial charge in [0.05, 0.1) is 6.20 Å². The van der Waals surface area contributed by atoms with Crippen LogP contribution in [-0.2, 0) is 6.42 Å². The van der Waals surface area contributed by atoms with Gasteiger partial charge in [0, 0.05) is 18.1 Å². The summed E-state index contributed by atoms with van der Waals surface area (Å²) in [5.41, 5.74) is 1.22. The van der Waals surface area contributed by atoms with Crippen molar-refractivity contribution in [2.45, 2.75) is 26.2 Å². The Bertz CT molecular complexity index is 544. The number of rotatable bonds is 8. The zero-order valence-electron chi connectivity index (χ0n) is 12.1. The topological polar surface area (TPSA) is 62.7 Å². The lowest BCUT2D eigenvalue weighted by molar-refractivity contribution is 0.826. The van der Waals surface area contributed by atoms with Gasteiger partial charge in [0.1, 0.15) is 5.82 Å². The number of nitrogens with one attached hydrogen (secondary N) is 2. The number of hydrogen-bond acceptors (Lipinski definition) is 5. The van der Waals surface area contributed by atoms with E-state index in [0.717, 1.165) is 43.2 Å². The molecule has 0 amide bonds. The molecule has 0 aliphatic carbocycles. The summed E-state index contributed by atoms with van der Waals surface area (Å²) in [7, 11) is 0. The van der Waals surface area contributed by atoms with E-state index in [2.05, 4.69) is 32.7 Å². The molecule has 0 saturated heterocycles. The second-order valence-corrected chi connectivity index (χ2v) is 5.19. The van der Waals surface area contributed by atoms with E-state index in [9.17, 15) is 0 Å². The summed E-state index contributed by atoms with van der Waals surface area (Å²) in [4.78, 5) is 4.37. The number of unbranched alkanes of at least 4 members (excludes halogenated alkanes) is 1. The molecule has 2 N–H and O–H groups in total. The van der Waals surface area contributed by atoms with Gasteiger partial charge in [-0.3, -0.25) is 0 Å². The van der Waals surface area contributed by atoms with Gasteiger partial charge in [-0.1, -0.05) is 37.1 Å². The van der Waals surface area contributed by atoms with Crippen LogP contribution in [0.25, 0.3) is 0 Å². The second kappa shape index (κ2) is 8.42. The van der Waals surface area contributed by atoms with E-state index in [4.69, 9.17) is 11.6 Å². The maximum Gasteiger partial charge on any atom is 0.244 e. The van der Waals surface area contributed by atoms with Crippen LogP contribution in [0.4, 0.5) is 11.8 Å². The molecule has 0 fully saturated rings. The van der Waals surface area contributed by atoms with Gasteiger partial charge >= 0.3 is 0 Å². The van der Waals surface area contributed by atoms with Crippen LogP contribution in [0.1, 0.15) is 25.3 Å². The van der Waals surface area contributed by atoms with E-state index in [-0.39, 0.29) is 0 Å². The van der Waals surface area contributed by atoms with Crippen molar-refractivity contribution < 1.29 is 0 Å². The van der Waals surface area contributed by atoms with Gasteiger partial charge < -0.3 is 10.6 Å². The van der Waals surface area contributed by atoms with E-state index in [0.29, 0.717) is 5.95 Å². The summed E-state index contributed by atoms with van der Waals surface area (Å²) in [5, 5.41) is 15.1. The normalized spacial score (nSPS) is 10.4. The molecule has 1 aromatic carbocycles. The highest BCUT2D eigenvalue weighted by atomic mass is 35.5. The highest BCUT2D eigenvalue weighted by Gasteiger charge is 2.00. The monoisotopic (exact) mass is 305 g/mol. The number of hydrogen-bond donors (Lipinski definition) is 2. The van der Waals surface area contributed by atoms with E-state index < -0.39 is 0 Å². The summed E-state index contributed by atoms with van der Waals surface area (Å²) in [6, 6.07) is 7.83.